The molecule has 0 unspecified atom stereocenters. The fourth-order valence-electron chi connectivity index (χ4n) is 2.44. The van der Waals surface area contributed by atoms with Crippen molar-refractivity contribution >= 4 is 11.6 Å². The van der Waals surface area contributed by atoms with Gasteiger partial charge < -0.3 is 9.88 Å². The summed E-state index contributed by atoms with van der Waals surface area (Å²) in [5.41, 5.74) is 1.90. The van der Waals surface area contributed by atoms with Crippen molar-refractivity contribution in [3.8, 4) is 11.4 Å². The molecule has 3 aromatic rings. The number of halogens is 2. The number of carbonyl (C=O) groups is 1. The van der Waals surface area contributed by atoms with Crippen LogP contribution in [0.1, 0.15) is 12.5 Å². The predicted molar refractivity (Wildman–Crippen MR) is 87.4 cm³/mol. The summed E-state index contributed by atoms with van der Waals surface area (Å²) in [6, 6.07) is 10.7. The first-order valence-electron chi connectivity index (χ1n) is 7.36. The summed E-state index contributed by atoms with van der Waals surface area (Å²) in [5, 5.41) is 2.69. The van der Waals surface area contributed by atoms with Gasteiger partial charge in [-0.15, -0.1) is 0 Å². The van der Waals surface area contributed by atoms with E-state index in [2.05, 4.69) is 10.3 Å². The zero-order chi connectivity index (χ0) is 17.1. The van der Waals surface area contributed by atoms with E-state index >= 15 is 0 Å². The maximum atomic E-state index is 13.8. The summed E-state index contributed by atoms with van der Waals surface area (Å²) in [6.45, 7) is 1.69. The topological polar surface area (TPSA) is 46.9 Å². The number of imidazole rings is 1. The molecule has 0 aliphatic rings. The highest BCUT2D eigenvalue weighted by Gasteiger charge is 2.10. The molecule has 1 amide bonds. The van der Waals surface area contributed by atoms with E-state index in [1.54, 1.807) is 29.1 Å². The normalized spacial score (nSPS) is 10.6. The highest BCUT2D eigenvalue weighted by Crippen LogP contribution is 2.22. The number of carbonyl (C=O) groups excluding carboxylic acids is 1. The third-order valence-corrected chi connectivity index (χ3v) is 3.53. The summed E-state index contributed by atoms with van der Waals surface area (Å²) in [7, 11) is 0. The van der Waals surface area contributed by atoms with E-state index in [0.717, 1.165) is 11.6 Å². The lowest BCUT2D eigenvalue weighted by molar-refractivity contribution is -0.114. The van der Waals surface area contributed by atoms with Gasteiger partial charge in [0.1, 0.15) is 17.5 Å². The molecule has 0 radical (unpaired) electrons. The molecule has 6 heteroatoms. The standard InChI is InChI=1S/C18H15F2N3O/c1-12(24)22-16-6-3-13(4-7-16)18-21-8-9-23(18)11-14-2-5-15(19)10-17(14)20/h2-10H,11H2,1H3,(H,22,24). The molecule has 24 heavy (non-hydrogen) atoms. The van der Waals surface area contributed by atoms with E-state index in [1.165, 1.54) is 19.1 Å². The van der Waals surface area contributed by atoms with Gasteiger partial charge in [-0.25, -0.2) is 13.8 Å². The number of nitrogens with one attached hydrogen (secondary N) is 1. The first-order valence-corrected chi connectivity index (χ1v) is 7.36. The van der Waals surface area contributed by atoms with Crippen LogP contribution in [0.2, 0.25) is 0 Å². The molecule has 0 atom stereocenters. The fraction of sp³-hybridized carbons (Fsp3) is 0.111. The highest BCUT2D eigenvalue weighted by molar-refractivity contribution is 5.88. The summed E-state index contributed by atoms with van der Waals surface area (Å²) in [6.07, 6.45) is 3.36. The average Bonchev–Trinajstić information content (AvgIpc) is 2.98. The highest BCUT2D eigenvalue weighted by atomic mass is 19.1. The van der Waals surface area contributed by atoms with Gasteiger partial charge in [0, 0.05) is 42.2 Å². The molecule has 4 nitrogen and oxygen atoms in total. The van der Waals surface area contributed by atoms with E-state index in [4.69, 9.17) is 0 Å². The van der Waals surface area contributed by atoms with Crippen LogP contribution in [0.4, 0.5) is 14.5 Å². The minimum Gasteiger partial charge on any atom is -0.326 e. The molecular formula is C18H15F2N3O. The van der Waals surface area contributed by atoms with Crippen molar-refractivity contribution in [2.75, 3.05) is 5.32 Å². The second-order valence-corrected chi connectivity index (χ2v) is 5.37. The van der Waals surface area contributed by atoms with Crippen molar-refractivity contribution in [2.45, 2.75) is 13.5 Å². The number of aromatic nitrogens is 2. The second-order valence-electron chi connectivity index (χ2n) is 5.37. The van der Waals surface area contributed by atoms with Gasteiger partial charge >= 0.3 is 0 Å². The van der Waals surface area contributed by atoms with E-state index in [9.17, 15) is 13.6 Å². The van der Waals surface area contributed by atoms with E-state index in [-0.39, 0.29) is 12.5 Å². The van der Waals surface area contributed by atoms with Crippen LogP contribution in [-0.4, -0.2) is 15.5 Å². The molecule has 1 aromatic heterocycles. The maximum absolute atomic E-state index is 13.8. The fourth-order valence-corrected chi connectivity index (χ4v) is 2.44. The van der Waals surface area contributed by atoms with Gasteiger partial charge in [-0.2, -0.15) is 0 Å². The first kappa shape index (κ1) is 15.9. The van der Waals surface area contributed by atoms with Crippen LogP contribution in [0.3, 0.4) is 0 Å². The Bertz CT molecular complexity index is 872. The second kappa shape index (κ2) is 6.62. The summed E-state index contributed by atoms with van der Waals surface area (Å²) >= 11 is 0. The van der Waals surface area contributed by atoms with E-state index < -0.39 is 11.6 Å². The number of amides is 1. The van der Waals surface area contributed by atoms with Crippen LogP contribution in [0.15, 0.2) is 54.9 Å². The Morgan fingerprint density at radius 1 is 1.17 bits per heavy atom. The molecule has 0 saturated carbocycles. The Morgan fingerprint density at radius 3 is 2.58 bits per heavy atom. The molecule has 0 aliphatic heterocycles. The Balaban J connectivity index is 1.86. The summed E-state index contributed by atoms with van der Waals surface area (Å²) < 4.78 is 28.6. The minimum atomic E-state index is -0.601. The lowest BCUT2D eigenvalue weighted by Crippen LogP contribution is -2.06. The van der Waals surface area contributed by atoms with Gasteiger partial charge in [-0.05, 0) is 30.3 Å². The zero-order valence-corrected chi connectivity index (χ0v) is 13.0. The lowest BCUT2D eigenvalue weighted by Gasteiger charge is -2.10. The molecule has 0 fully saturated rings. The van der Waals surface area contributed by atoms with Crippen molar-refractivity contribution in [1.82, 2.24) is 9.55 Å². The summed E-state index contributed by atoms with van der Waals surface area (Å²) in [5.74, 6) is -0.671. The number of hydrogen-bond acceptors (Lipinski definition) is 2. The van der Waals surface area contributed by atoms with Gasteiger partial charge in [0.05, 0.1) is 6.54 Å². The third-order valence-electron chi connectivity index (χ3n) is 3.53. The maximum Gasteiger partial charge on any atom is 0.221 e. The average molecular weight is 327 g/mol. The lowest BCUT2D eigenvalue weighted by atomic mass is 10.1. The Labute approximate surface area is 137 Å². The van der Waals surface area contributed by atoms with Gasteiger partial charge in [-0.3, -0.25) is 4.79 Å². The molecule has 0 aliphatic carbocycles. The van der Waals surface area contributed by atoms with Crippen LogP contribution < -0.4 is 5.32 Å². The summed E-state index contributed by atoms with van der Waals surface area (Å²) in [4.78, 5) is 15.3. The number of anilines is 1. The van der Waals surface area contributed by atoms with Crippen molar-refractivity contribution in [2.24, 2.45) is 0 Å². The van der Waals surface area contributed by atoms with Gasteiger partial charge in [0.25, 0.3) is 0 Å². The first-order chi connectivity index (χ1) is 11.5. The molecule has 0 spiro atoms. The monoisotopic (exact) mass is 327 g/mol. The van der Waals surface area contributed by atoms with Crippen molar-refractivity contribution in [1.29, 1.82) is 0 Å². The van der Waals surface area contributed by atoms with Crippen LogP contribution in [0, 0.1) is 11.6 Å². The van der Waals surface area contributed by atoms with Gasteiger partial charge in [0.2, 0.25) is 5.91 Å². The van der Waals surface area contributed by atoms with E-state index in [0.29, 0.717) is 17.1 Å². The molecule has 1 heterocycles. The van der Waals surface area contributed by atoms with Crippen LogP contribution in [0.5, 0.6) is 0 Å². The molecule has 3 rings (SSSR count). The van der Waals surface area contributed by atoms with Crippen LogP contribution in [-0.2, 0) is 11.3 Å². The van der Waals surface area contributed by atoms with Gasteiger partial charge in [-0.1, -0.05) is 6.07 Å². The third kappa shape index (κ3) is 3.48. The number of nitrogens with zero attached hydrogens (tertiary/aromatic N) is 2. The quantitative estimate of drug-likeness (QED) is 0.791. The van der Waals surface area contributed by atoms with Crippen molar-refractivity contribution in [3.05, 3.63) is 72.1 Å². The van der Waals surface area contributed by atoms with Crippen LogP contribution >= 0.6 is 0 Å². The largest absolute Gasteiger partial charge is 0.326 e. The minimum absolute atomic E-state index is 0.143. The Morgan fingerprint density at radius 2 is 1.92 bits per heavy atom. The van der Waals surface area contributed by atoms with E-state index in [1.807, 2.05) is 12.1 Å². The zero-order valence-electron chi connectivity index (χ0n) is 13.0. The number of rotatable bonds is 4. The molecule has 1 N–H and O–H groups in total. The smallest absolute Gasteiger partial charge is 0.221 e. The van der Waals surface area contributed by atoms with Crippen molar-refractivity contribution < 1.29 is 13.6 Å². The SMILES string of the molecule is CC(=O)Nc1ccc(-c2nccn2Cc2ccc(F)cc2F)cc1. The molecule has 122 valence electrons. The van der Waals surface area contributed by atoms with Gasteiger partial charge in [0.15, 0.2) is 0 Å². The molecule has 0 saturated heterocycles. The predicted octanol–water partition coefficient (Wildman–Crippen LogP) is 3.84. The molecular weight excluding hydrogens is 312 g/mol. The number of hydrogen-bond donors (Lipinski definition) is 1. The number of benzene rings is 2. The molecule has 2 aromatic carbocycles. The Hall–Kier alpha value is -3.02. The Kier molecular flexibility index (Phi) is 4.37. The van der Waals surface area contributed by atoms with Crippen molar-refractivity contribution in [3.63, 3.8) is 0 Å². The molecule has 0 bridgehead atoms. The van der Waals surface area contributed by atoms with Crippen LogP contribution in [0.25, 0.3) is 11.4 Å².